The van der Waals surface area contributed by atoms with Gasteiger partial charge in [-0.15, -0.1) is 0 Å². The number of aliphatic hydroxyl groups excluding tert-OH is 1. The Morgan fingerprint density at radius 2 is 2.33 bits per heavy atom. The molecule has 0 spiro atoms. The van der Waals surface area contributed by atoms with Crippen LogP contribution in [-0.4, -0.2) is 36.2 Å². The van der Waals surface area contributed by atoms with E-state index in [1.54, 1.807) is 0 Å². The first kappa shape index (κ1) is 12.5. The molecule has 0 aromatic heterocycles. The van der Waals surface area contributed by atoms with Crippen LogP contribution in [0.1, 0.15) is 33.1 Å². The van der Waals surface area contributed by atoms with Crippen molar-refractivity contribution < 1.29 is 9.90 Å². The lowest BCUT2D eigenvalue weighted by molar-refractivity contribution is -0.122. The predicted molar refractivity (Wildman–Crippen MR) is 59.5 cm³/mol. The number of hydrogen-bond acceptors (Lipinski definition) is 3. The molecule has 3 unspecified atom stereocenters. The van der Waals surface area contributed by atoms with Gasteiger partial charge in [0.15, 0.2) is 0 Å². The van der Waals surface area contributed by atoms with Crippen LogP contribution in [-0.2, 0) is 4.79 Å². The summed E-state index contributed by atoms with van der Waals surface area (Å²) in [6.45, 7) is 5.00. The van der Waals surface area contributed by atoms with Crippen molar-refractivity contribution in [3.63, 3.8) is 0 Å². The Morgan fingerprint density at radius 3 is 2.87 bits per heavy atom. The van der Waals surface area contributed by atoms with E-state index in [2.05, 4.69) is 10.6 Å². The quantitative estimate of drug-likeness (QED) is 0.615. The van der Waals surface area contributed by atoms with Crippen molar-refractivity contribution >= 4 is 5.91 Å². The second kappa shape index (κ2) is 6.08. The smallest absolute Gasteiger partial charge is 0.221 e. The van der Waals surface area contributed by atoms with E-state index in [-0.39, 0.29) is 24.5 Å². The van der Waals surface area contributed by atoms with Crippen LogP contribution in [0.15, 0.2) is 0 Å². The lowest BCUT2D eigenvalue weighted by atomic mass is 10.0. The van der Waals surface area contributed by atoms with Crippen LogP contribution >= 0.6 is 0 Å². The van der Waals surface area contributed by atoms with Gasteiger partial charge in [-0.1, -0.05) is 6.92 Å². The summed E-state index contributed by atoms with van der Waals surface area (Å²) in [5.74, 6) is 0.202. The lowest BCUT2D eigenvalue weighted by Gasteiger charge is -2.20. The third-order valence-electron chi connectivity index (χ3n) is 3.12. The minimum atomic E-state index is 0.0453. The molecule has 1 saturated heterocycles. The van der Waals surface area contributed by atoms with E-state index in [0.717, 1.165) is 13.0 Å². The molecule has 3 N–H and O–H groups in total. The Bertz CT molecular complexity index is 203. The lowest BCUT2D eigenvalue weighted by Crippen LogP contribution is -2.40. The molecule has 1 rings (SSSR count). The van der Waals surface area contributed by atoms with Crippen molar-refractivity contribution in [1.82, 2.24) is 10.6 Å². The van der Waals surface area contributed by atoms with Gasteiger partial charge in [0, 0.05) is 25.1 Å². The average molecular weight is 214 g/mol. The van der Waals surface area contributed by atoms with Crippen molar-refractivity contribution in [2.75, 3.05) is 13.2 Å². The van der Waals surface area contributed by atoms with Crippen molar-refractivity contribution in [2.24, 2.45) is 5.92 Å². The number of amides is 1. The summed E-state index contributed by atoms with van der Waals surface area (Å²) < 4.78 is 0. The maximum atomic E-state index is 11.6. The average Bonchev–Trinajstić information content (AvgIpc) is 2.68. The first-order chi connectivity index (χ1) is 7.13. The Kier molecular flexibility index (Phi) is 5.05. The van der Waals surface area contributed by atoms with E-state index in [9.17, 15) is 4.79 Å². The van der Waals surface area contributed by atoms with Crippen LogP contribution in [0.3, 0.4) is 0 Å². The molecule has 1 fully saturated rings. The van der Waals surface area contributed by atoms with Gasteiger partial charge in [-0.3, -0.25) is 4.79 Å². The minimum absolute atomic E-state index is 0.0453. The Morgan fingerprint density at radius 1 is 1.60 bits per heavy atom. The summed E-state index contributed by atoms with van der Waals surface area (Å²) in [6.07, 6.45) is 2.82. The van der Waals surface area contributed by atoms with Gasteiger partial charge in [0.2, 0.25) is 5.91 Å². The molecular formula is C11H22N2O2. The normalized spacial score (nSPS) is 24.9. The third kappa shape index (κ3) is 4.18. The zero-order valence-corrected chi connectivity index (χ0v) is 9.62. The highest BCUT2D eigenvalue weighted by molar-refractivity contribution is 5.76. The Hall–Kier alpha value is -0.610. The van der Waals surface area contributed by atoms with Crippen molar-refractivity contribution in [1.29, 1.82) is 0 Å². The van der Waals surface area contributed by atoms with E-state index in [1.807, 2.05) is 13.8 Å². The molecule has 1 amide bonds. The van der Waals surface area contributed by atoms with E-state index in [4.69, 9.17) is 5.11 Å². The number of hydrogen-bond donors (Lipinski definition) is 3. The summed E-state index contributed by atoms with van der Waals surface area (Å²) in [5, 5.41) is 15.2. The fourth-order valence-electron chi connectivity index (χ4n) is 1.77. The van der Waals surface area contributed by atoms with E-state index in [0.29, 0.717) is 12.5 Å². The van der Waals surface area contributed by atoms with E-state index in [1.165, 1.54) is 6.42 Å². The number of carbonyl (C=O) groups is 1. The molecule has 0 saturated carbocycles. The third-order valence-corrected chi connectivity index (χ3v) is 3.12. The number of carbonyl (C=O) groups excluding carboxylic acids is 1. The van der Waals surface area contributed by atoms with Crippen molar-refractivity contribution in [3.8, 4) is 0 Å². The zero-order valence-electron chi connectivity index (χ0n) is 9.62. The van der Waals surface area contributed by atoms with Gasteiger partial charge in [-0.25, -0.2) is 0 Å². The zero-order chi connectivity index (χ0) is 11.3. The van der Waals surface area contributed by atoms with Crippen LogP contribution in [0, 0.1) is 5.92 Å². The monoisotopic (exact) mass is 214 g/mol. The van der Waals surface area contributed by atoms with Crippen LogP contribution in [0.5, 0.6) is 0 Å². The summed E-state index contributed by atoms with van der Waals surface area (Å²) in [5.41, 5.74) is 0. The summed E-state index contributed by atoms with van der Waals surface area (Å²) >= 11 is 0. The Balaban J connectivity index is 2.22. The molecule has 4 heteroatoms. The Labute approximate surface area is 91.4 Å². The maximum Gasteiger partial charge on any atom is 0.221 e. The van der Waals surface area contributed by atoms with Crippen molar-refractivity contribution in [2.45, 2.75) is 45.2 Å². The second-order valence-corrected chi connectivity index (χ2v) is 4.51. The first-order valence-electron chi connectivity index (χ1n) is 5.77. The highest BCUT2D eigenvalue weighted by Gasteiger charge is 2.19. The number of aliphatic hydroxyl groups is 1. The number of nitrogens with one attached hydrogen (secondary N) is 2. The molecule has 15 heavy (non-hydrogen) atoms. The molecule has 1 heterocycles. The fourth-order valence-corrected chi connectivity index (χ4v) is 1.77. The van der Waals surface area contributed by atoms with E-state index >= 15 is 0 Å². The van der Waals surface area contributed by atoms with Gasteiger partial charge < -0.3 is 15.7 Å². The number of rotatable bonds is 5. The van der Waals surface area contributed by atoms with Gasteiger partial charge in [0.25, 0.3) is 0 Å². The molecule has 1 aliphatic rings. The minimum Gasteiger partial charge on any atom is -0.396 e. The SMILES string of the molecule is CC(CO)C(C)NC(=O)CC1CCCN1. The van der Waals surface area contributed by atoms with Crippen LogP contribution in [0.4, 0.5) is 0 Å². The molecule has 0 aliphatic carbocycles. The molecule has 0 bridgehead atoms. The van der Waals surface area contributed by atoms with Gasteiger partial charge >= 0.3 is 0 Å². The molecule has 1 aliphatic heterocycles. The predicted octanol–water partition coefficient (Wildman–Crippen LogP) is 0.262. The van der Waals surface area contributed by atoms with Gasteiger partial charge in [-0.2, -0.15) is 0 Å². The second-order valence-electron chi connectivity index (χ2n) is 4.51. The summed E-state index contributed by atoms with van der Waals surface area (Å²) in [6, 6.07) is 0.394. The molecule has 88 valence electrons. The molecular weight excluding hydrogens is 192 g/mol. The fraction of sp³-hybridized carbons (Fsp3) is 0.909. The summed E-state index contributed by atoms with van der Waals surface area (Å²) in [7, 11) is 0. The largest absolute Gasteiger partial charge is 0.396 e. The van der Waals surface area contributed by atoms with Crippen molar-refractivity contribution in [3.05, 3.63) is 0 Å². The summed E-state index contributed by atoms with van der Waals surface area (Å²) in [4.78, 5) is 11.6. The maximum absolute atomic E-state index is 11.6. The van der Waals surface area contributed by atoms with Crippen LogP contribution in [0.25, 0.3) is 0 Å². The standard InChI is InChI=1S/C11H22N2O2/c1-8(7-14)9(2)13-11(15)6-10-4-3-5-12-10/h8-10,12,14H,3-7H2,1-2H3,(H,13,15). The van der Waals surface area contributed by atoms with E-state index < -0.39 is 0 Å². The topological polar surface area (TPSA) is 61.4 Å². The van der Waals surface area contributed by atoms with Gasteiger partial charge in [-0.05, 0) is 32.2 Å². The molecule has 3 atom stereocenters. The first-order valence-corrected chi connectivity index (χ1v) is 5.77. The van der Waals surface area contributed by atoms with Gasteiger partial charge in [0.05, 0.1) is 0 Å². The molecule has 0 aromatic carbocycles. The van der Waals surface area contributed by atoms with Crippen LogP contribution in [0.2, 0.25) is 0 Å². The highest BCUT2D eigenvalue weighted by Crippen LogP contribution is 2.09. The van der Waals surface area contributed by atoms with Gasteiger partial charge in [0.1, 0.15) is 0 Å². The highest BCUT2D eigenvalue weighted by atomic mass is 16.3. The molecule has 4 nitrogen and oxygen atoms in total. The molecule has 0 radical (unpaired) electrons. The molecule has 0 aromatic rings. The van der Waals surface area contributed by atoms with Crippen LogP contribution < -0.4 is 10.6 Å².